The van der Waals surface area contributed by atoms with E-state index in [0.29, 0.717) is 17.2 Å². The molecule has 0 spiro atoms. The van der Waals surface area contributed by atoms with Crippen molar-refractivity contribution in [3.8, 4) is 5.75 Å². The minimum atomic E-state index is -0.830. The lowest BCUT2D eigenvalue weighted by atomic mass is 10.1. The second-order valence-corrected chi connectivity index (χ2v) is 5.22. The van der Waals surface area contributed by atoms with Gasteiger partial charge in [0.05, 0.1) is 0 Å². The molecular formula is C17H17ClO3. The quantitative estimate of drug-likeness (QED) is 0.855. The van der Waals surface area contributed by atoms with Gasteiger partial charge in [-0.2, -0.15) is 0 Å². The van der Waals surface area contributed by atoms with Crippen LogP contribution >= 0.6 is 11.6 Å². The molecule has 2 rings (SSSR count). The fourth-order valence-corrected chi connectivity index (χ4v) is 2.31. The van der Waals surface area contributed by atoms with Gasteiger partial charge >= 0.3 is 5.97 Å². The van der Waals surface area contributed by atoms with Crippen LogP contribution in [0.3, 0.4) is 0 Å². The maximum absolute atomic E-state index is 10.6. The number of rotatable bonds is 6. The predicted molar refractivity (Wildman–Crippen MR) is 82.9 cm³/mol. The molecule has 0 bridgehead atoms. The third kappa shape index (κ3) is 4.50. The van der Waals surface area contributed by atoms with Crippen LogP contribution in [0.4, 0.5) is 0 Å². The number of hydrogen-bond donors (Lipinski definition) is 1. The largest absolute Gasteiger partial charge is 0.486 e. The second kappa shape index (κ2) is 7.14. The average Bonchev–Trinajstić information content (AvgIpc) is 2.47. The van der Waals surface area contributed by atoms with E-state index in [0.717, 1.165) is 11.1 Å². The Bertz CT molecular complexity index is 611. The van der Waals surface area contributed by atoms with E-state index in [9.17, 15) is 4.79 Å². The van der Waals surface area contributed by atoms with Crippen LogP contribution in [0, 0.1) is 0 Å². The van der Waals surface area contributed by atoms with Crippen molar-refractivity contribution in [3.05, 3.63) is 64.7 Å². The molecule has 0 heterocycles. The first kappa shape index (κ1) is 15.4. The molecular weight excluding hydrogens is 288 g/mol. The molecule has 0 amide bonds. The van der Waals surface area contributed by atoms with E-state index >= 15 is 0 Å². The van der Waals surface area contributed by atoms with Gasteiger partial charge in [-0.1, -0.05) is 48.0 Å². The summed E-state index contributed by atoms with van der Waals surface area (Å²) < 4.78 is 5.86. The lowest BCUT2D eigenvalue weighted by Crippen LogP contribution is -2.03. The summed E-state index contributed by atoms with van der Waals surface area (Å²) in [6.45, 7) is 1.97. The molecule has 1 unspecified atom stereocenters. The average molecular weight is 305 g/mol. The van der Waals surface area contributed by atoms with E-state index in [1.54, 1.807) is 6.07 Å². The first-order valence-corrected chi connectivity index (χ1v) is 7.16. The fraction of sp³-hybridized carbons (Fsp3) is 0.235. The number of carbonyl (C=O) groups is 1. The van der Waals surface area contributed by atoms with Crippen LogP contribution < -0.4 is 4.74 Å². The Hall–Kier alpha value is -2.00. The fourth-order valence-electron chi connectivity index (χ4n) is 2.04. The summed E-state index contributed by atoms with van der Waals surface area (Å²) in [4.78, 5) is 10.6. The number of halogens is 1. The predicted octanol–water partition coefficient (Wildman–Crippen LogP) is 4.50. The summed E-state index contributed by atoms with van der Waals surface area (Å²) in [5, 5.41) is 9.23. The van der Waals surface area contributed by atoms with Gasteiger partial charge in [-0.3, -0.25) is 4.79 Å². The van der Waals surface area contributed by atoms with Gasteiger partial charge in [0.15, 0.2) is 0 Å². The second-order valence-electron chi connectivity index (χ2n) is 4.82. The third-order valence-electron chi connectivity index (χ3n) is 3.21. The highest BCUT2D eigenvalue weighted by Crippen LogP contribution is 2.27. The molecule has 2 aromatic carbocycles. The van der Waals surface area contributed by atoms with Crippen molar-refractivity contribution in [1.82, 2.24) is 0 Å². The maximum Gasteiger partial charge on any atom is 0.303 e. The lowest BCUT2D eigenvalue weighted by Gasteiger charge is -2.16. The van der Waals surface area contributed by atoms with E-state index in [4.69, 9.17) is 21.4 Å². The molecule has 0 aliphatic carbocycles. The lowest BCUT2D eigenvalue weighted by molar-refractivity contribution is -0.136. The Morgan fingerprint density at radius 2 is 1.95 bits per heavy atom. The minimum Gasteiger partial charge on any atom is -0.486 e. The Morgan fingerprint density at radius 1 is 1.24 bits per heavy atom. The van der Waals surface area contributed by atoms with Crippen LogP contribution in [0.1, 0.15) is 30.6 Å². The number of aliphatic carboxylic acids is 1. The zero-order chi connectivity index (χ0) is 15.2. The summed E-state index contributed by atoms with van der Waals surface area (Å²) in [5.41, 5.74) is 1.90. The number of carboxylic acids is 1. The first-order chi connectivity index (χ1) is 10.1. The number of benzene rings is 2. The van der Waals surface area contributed by atoms with E-state index in [-0.39, 0.29) is 12.5 Å². The van der Waals surface area contributed by atoms with Gasteiger partial charge < -0.3 is 9.84 Å². The van der Waals surface area contributed by atoms with Gasteiger partial charge in [-0.15, -0.1) is 0 Å². The minimum absolute atomic E-state index is 0.0698. The molecule has 0 aliphatic heterocycles. The molecule has 0 saturated carbocycles. The van der Waals surface area contributed by atoms with Crippen molar-refractivity contribution in [3.63, 3.8) is 0 Å². The van der Waals surface area contributed by atoms with Gasteiger partial charge in [0, 0.05) is 11.4 Å². The summed E-state index contributed by atoms with van der Waals surface area (Å²) in [5.74, 6) is -0.153. The molecule has 1 N–H and O–H groups in total. The number of aryl methyl sites for hydroxylation is 1. The number of hydrogen-bond acceptors (Lipinski definition) is 2. The van der Waals surface area contributed by atoms with Crippen LogP contribution in [0.5, 0.6) is 5.75 Å². The standard InChI is InChI=1S/C17H17ClO3/c1-12(13-5-3-2-4-6-13)21-15-9-7-14(16(18)11-15)8-10-17(19)20/h2-7,9,11-12H,8,10H2,1H3,(H,19,20). The van der Waals surface area contributed by atoms with Crippen LogP contribution in [0.2, 0.25) is 5.02 Å². The van der Waals surface area contributed by atoms with Gasteiger partial charge in [-0.25, -0.2) is 0 Å². The Balaban J connectivity index is 2.04. The number of ether oxygens (including phenoxy) is 1. The molecule has 0 aliphatic rings. The molecule has 110 valence electrons. The van der Waals surface area contributed by atoms with E-state index in [1.807, 2.05) is 49.4 Å². The summed E-state index contributed by atoms with van der Waals surface area (Å²) >= 11 is 6.17. The van der Waals surface area contributed by atoms with Crippen molar-refractivity contribution in [2.75, 3.05) is 0 Å². The molecule has 1 atom stereocenters. The van der Waals surface area contributed by atoms with Crippen LogP contribution in [-0.4, -0.2) is 11.1 Å². The Labute approximate surface area is 129 Å². The summed E-state index contributed by atoms with van der Waals surface area (Å²) in [6.07, 6.45) is 0.412. The molecule has 4 heteroatoms. The monoisotopic (exact) mass is 304 g/mol. The van der Waals surface area contributed by atoms with E-state index < -0.39 is 5.97 Å². The molecule has 0 saturated heterocycles. The van der Waals surface area contributed by atoms with Gasteiger partial charge in [0.2, 0.25) is 0 Å². The van der Waals surface area contributed by atoms with E-state index in [1.165, 1.54) is 0 Å². The highest BCUT2D eigenvalue weighted by atomic mass is 35.5. The van der Waals surface area contributed by atoms with Gasteiger partial charge in [-0.05, 0) is 36.6 Å². The highest BCUT2D eigenvalue weighted by molar-refractivity contribution is 6.31. The summed E-state index contributed by atoms with van der Waals surface area (Å²) in [7, 11) is 0. The van der Waals surface area contributed by atoms with Crippen molar-refractivity contribution in [2.24, 2.45) is 0 Å². The highest BCUT2D eigenvalue weighted by Gasteiger charge is 2.09. The van der Waals surface area contributed by atoms with Crippen molar-refractivity contribution >= 4 is 17.6 Å². The molecule has 0 aromatic heterocycles. The van der Waals surface area contributed by atoms with Crippen LogP contribution in [-0.2, 0) is 11.2 Å². The molecule has 0 fully saturated rings. The Kier molecular flexibility index (Phi) is 5.23. The maximum atomic E-state index is 10.6. The Morgan fingerprint density at radius 3 is 2.57 bits per heavy atom. The zero-order valence-electron chi connectivity index (χ0n) is 11.8. The van der Waals surface area contributed by atoms with Gasteiger partial charge in [0.1, 0.15) is 11.9 Å². The van der Waals surface area contributed by atoms with Crippen molar-refractivity contribution in [1.29, 1.82) is 0 Å². The third-order valence-corrected chi connectivity index (χ3v) is 3.57. The summed E-state index contributed by atoms with van der Waals surface area (Å²) in [6, 6.07) is 15.3. The molecule has 0 radical (unpaired) electrons. The van der Waals surface area contributed by atoms with Crippen LogP contribution in [0.15, 0.2) is 48.5 Å². The molecule has 3 nitrogen and oxygen atoms in total. The number of carboxylic acid groups (broad SMARTS) is 1. The van der Waals surface area contributed by atoms with Crippen molar-refractivity contribution < 1.29 is 14.6 Å². The topological polar surface area (TPSA) is 46.5 Å². The van der Waals surface area contributed by atoms with E-state index in [2.05, 4.69) is 0 Å². The van der Waals surface area contributed by atoms with Gasteiger partial charge in [0.25, 0.3) is 0 Å². The normalized spacial score (nSPS) is 11.9. The molecule has 21 heavy (non-hydrogen) atoms. The smallest absolute Gasteiger partial charge is 0.303 e. The zero-order valence-corrected chi connectivity index (χ0v) is 12.5. The van der Waals surface area contributed by atoms with Crippen LogP contribution in [0.25, 0.3) is 0 Å². The first-order valence-electron chi connectivity index (χ1n) is 6.78. The molecule has 2 aromatic rings. The van der Waals surface area contributed by atoms with Crippen molar-refractivity contribution in [2.45, 2.75) is 25.9 Å². The SMILES string of the molecule is CC(Oc1ccc(CCC(=O)O)c(Cl)c1)c1ccccc1.